The molecule has 0 spiro atoms. The van der Waals surface area contributed by atoms with Gasteiger partial charge in [0.15, 0.2) is 0 Å². The Morgan fingerprint density at radius 2 is 1.24 bits per heavy atom. The van der Waals surface area contributed by atoms with Crippen molar-refractivity contribution in [2.24, 2.45) is 0 Å². The van der Waals surface area contributed by atoms with Gasteiger partial charge in [-0.1, -0.05) is 0 Å². The van der Waals surface area contributed by atoms with E-state index in [1.54, 1.807) is 13.8 Å². The van der Waals surface area contributed by atoms with Gasteiger partial charge in [0, 0.05) is 26.2 Å². The highest BCUT2D eigenvalue weighted by atomic mass is 16.2. The van der Waals surface area contributed by atoms with Crippen molar-refractivity contribution in [1.29, 1.82) is 0 Å². The lowest BCUT2D eigenvalue weighted by Crippen LogP contribution is -2.50. The van der Waals surface area contributed by atoms with Gasteiger partial charge in [-0.15, -0.1) is 0 Å². The molecule has 0 bridgehead atoms. The monoisotopic (exact) mass is 292 g/mol. The highest BCUT2D eigenvalue weighted by Crippen LogP contribution is 2.09. The Labute approximate surface area is 118 Å². The zero-order valence-corrected chi connectivity index (χ0v) is 12.0. The largest absolute Gasteiger partial charge is 0.332 e. The molecule has 0 fully saturated rings. The van der Waals surface area contributed by atoms with E-state index in [-0.39, 0.29) is 24.1 Å². The van der Waals surface area contributed by atoms with Crippen LogP contribution in [0.25, 0.3) is 11.0 Å². The maximum atomic E-state index is 12.4. The zero-order valence-electron chi connectivity index (χ0n) is 12.0. The summed E-state index contributed by atoms with van der Waals surface area (Å²) >= 11 is 0. The van der Waals surface area contributed by atoms with Gasteiger partial charge in [-0.25, -0.2) is 9.59 Å². The Morgan fingerprint density at radius 1 is 0.810 bits per heavy atom. The number of nitrogens with zero attached hydrogens (tertiary/aromatic N) is 4. The standard InChI is InChI=1S/C13H16N4O4/c1-3-14-10(18)8-9-16(12(14)20)6-5-7-17(9)13(21)15(4-2)11(8)19/h3-7H2,1-2H3. The van der Waals surface area contributed by atoms with Gasteiger partial charge < -0.3 is 0 Å². The maximum Gasteiger partial charge on any atom is 0.332 e. The van der Waals surface area contributed by atoms with E-state index < -0.39 is 22.5 Å². The number of hydrogen-bond acceptors (Lipinski definition) is 4. The Balaban J connectivity index is 2.75. The summed E-state index contributed by atoms with van der Waals surface area (Å²) in [5, 5.41) is -0.0717. The predicted octanol–water partition coefficient (Wildman–Crippen LogP) is -1.07. The minimum Gasteiger partial charge on any atom is -0.278 e. The van der Waals surface area contributed by atoms with E-state index in [1.807, 2.05) is 0 Å². The molecule has 21 heavy (non-hydrogen) atoms. The average molecular weight is 292 g/mol. The van der Waals surface area contributed by atoms with Crippen molar-refractivity contribution < 1.29 is 0 Å². The molecule has 0 aliphatic carbocycles. The third-order valence-corrected chi connectivity index (χ3v) is 3.97. The molecular weight excluding hydrogens is 276 g/mol. The number of aromatic nitrogens is 4. The Morgan fingerprint density at radius 3 is 1.62 bits per heavy atom. The highest BCUT2D eigenvalue weighted by Gasteiger charge is 2.23. The summed E-state index contributed by atoms with van der Waals surface area (Å²) < 4.78 is 4.83. The van der Waals surface area contributed by atoms with Gasteiger partial charge in [-0.3, -0.25) is 27.9 Å². The quantitative estimate of drug-likeness (QED) is 0.705. The van der Waals surface area contributed by atoms with Gasteiger partial charge in [0.05, 0.1) is 0 Å². The van der Waals surface area contributed by atoms with Crippen LogP contribution in [0.3, 0.4) is 0 Å². The van der Waals surface area contributed by atoms with Crippen LogP contribution < -0.4 is 22.5 Å². The maximum absolute atomic E-state index is 12.4. The van der Waals surface area contributed by atoms with Crippen molar-refractivity contribution in [1.82, 2.24) is 18.3 Å². The van der Waals surface area contributed by atoms with Crippen molar-refractivity contribution in [2.75, 3.05) is 0 Å². The van der Waals surface area contributed by atoms with Crippen LogP contribution in [0.1, 0.15) is 20.3 Å². The normalized spacial score (nSPS) is 13.8. The molecule has 3 rings (SSSR count). The smallest absolute Gasteiger partial charge is 0.278 e. The van der Waals surface area contributed by atoms with Crippen molar-refractivity contribution in [3.8, 4) is 0 Å². The summed E-state index contributed by atoms with van der Waals surface area (Å²) in [4.78, 5) is 49.6. The number of hydrogen-bond donors (Lipinski definition) is 0. The van der Waals surface area contributed by atoms with Crippen LogP contribution in [0, 0.1) is 0 Å². The van der Waals surface area contributed by atoms with Gasteiger partial charge in [0.1, 0.15) is 11.0 Å². The Kier molecular flexibility index (Phi) is 2.96. The van der Waals surface area contributed by atoms with Crippen LogP contribution in [0.15, 0.2) is 19.2 Å². The van der Waals surface area contributed by atoms with Gasteiger partial charge in [-0.05, 0) is 20.3 Å². The van der Waals surface area contributed by atoms with Crippen LogP contribution >= 0.6 is 0 Å². The van der Waals surface area contributed by atoms with Gasteiger partial charge in [-0.2, -0.15) is 0 Å². The van der Waals surface area contributed by atoms with E-state index in [1.165, 1.54) is 9.13 Å². The average Bonchev–Trinajstić information content (AvgIpc) is 2.47. The summed E-state index contributed by atoms with van der Waals surface area (Å²) in [6, 6.07) is 0. The van der Waals surface area contributed by atoms with E-state index in [9.17, 15) is 19.2 Å². The zero-order chi connectivity index (χ0) is 15.3. The van der Waals surface area contributed by atoms with Crippen LogP contribution in [0.2, 0.25) is 0 Å². The molecule has 0 unspecified atom stereocenters. The van der Waals surface area contributed by atoms with E-state index in [4.69, 9.17) is 0 Å². The molecule has 0 radical (unpaired) electrons. The summed E-state index contributed by atoms with van der Waals surface area (Å²) in [6.07, 6.45) is 0.617. The second kappa shape index (κ2) is 4.57. The topological polar surface area (TPSA) is 88.0 Å². The molecule has 1 aliphatic rings. The molecule has 0 amide bonds. The van der Waals surface area contributed by atoms with Crippen molar-refractivity contribution in [2.45, 2.75) is 46.4 Å². The first-order chi connectivity index (χ1) is 10.0. The van der Waals surface area contributed by atoms with Crippen molar-refractivity contribution >= 4 is 11.0 Å². The third kappa shape index (κ3) is 1.61. The molecule has 1 aliphatic heterocycles. The van der Waals surface area contributed by atoms with E-state index in [0.717, 1.165) is 9.13 Å². The number of rotatable bonds is 2. The molecule has 8 heteroatoms. The molecule has 112 valence electrons. The van der Waals surface area contributed by atoms with Crippen molar-refractivity contribution in [3.05, 3.63) is 41.7 Å². The fraction of sp³-hybridized carbons (Fsp3) is 0.538. The lowest BCUT2D eigenvalue weighted by Gasteiger charge is -2.22. The molecular formula is C13H16N4O4. The third-order valence-electron chi connectivity index (χ3n) is 3.97. The molecule has 0 N–H and O–H groups in total. The summed E-state index contributed by atoms with van der Waals surface area (Å²) in [5.41, 5.74) is -1.98. The van der Waals surface area contributed by atoms with E-state index >= 15 is 0 Å². The summed E-state index contributed by atoms with van der Waals surface area (Å²) in [5.74, 6) is 0. The fourth-order valence-corrected chi connectivity index (χ4v) is 2.96. The first-order valence-electron chi connectivity index (χ1n) is 7.03. The lowest BCUT2D eigenvalue weighted by atomic mass is 10.3. The molecule has 0 atom stereocenters. The Hall–Kier alpha value is -2.38. The molecule has 8 nitrogen and oxygen atoms in total. The van der Waals surface area contributed by atoms with Gasteiger partial charge >= 0.3 is 11.4 Å². The highest BCUT2D eigenvalue weighted by molar-refractivity contribution is 5.73. The summed E-state index contributed by atoms with van der Waals surface area (Å²) in [7, 11) is 0. The Bertz CT molecular complexity index is 899. The molecule has 0 aromatic carbocycles. The molecule has 0 saturated carbocycles. The second-order valence-electron chi connectivity index (χ2n) is 5.02. The fourth-order valence-electron chi connectivity index (χ4n) is 2.96. The van der Waals surface area contributed by atoms with Gasteiger partial charge in [0.2, 0.25) is 0 Å². The molecule has 2 aromatic heterocycles. The first-order valence-corrected chi connectivity index (χ1v) is 7.03. The van der Waals surface area contributed by atoms with Gasteiger partial charge in [0.25, 0.3) is 11.1 Å². The summed E-state index contributed by atoms with van der Waals surface area (Å²) in [6.45, 7) is 4.56. The lowest BCUT2D eigenvalue weighted by molar-refractivity contribution is 0.457. The first kappa shape index (κ1) is 13.6. The van der Waals surface area contributed by atoms with E-state index in [2.05, 4.69) is 0 Å². The molecule has 2 aromatic rings. The van der Waals surface area contributed by atoms with Crippen LogP contribution in [0.4, 0.5) is 0 Å². The van der Waals surface area contributed by atoms with E-state index in [0.29, 0.717) is 19.5 Å². The van der Waals surface area contributed by atoms with Crippen LogP contribution in [0.5, 0.6) is 0 Å². The second-order valence-corrected chi connectivity index (χ2v) is 5.02. The minimum atomic E-state index is -0.614. The number of aryl methyl sites for hydroxylation is 2. The van der Waals surface area contributed by atoms with Crippen LogP contribution in [-0.4, -0.2) is 18.3 Å². The minimum absolute atomic E-state index is 0.0717. The predicted molar refractivity (Wildman–Crippen MR) is 77.0 cm³/mol. The van der Waals surface area contributed by atoms with Crippen LogP contribution in [-0.2, 0) is 26.2 Å². The van der Waals surface area contributed by atoms with Crippen molar-refractivity contribution in [3.63, 3.8) is 0 Å². The molecule has 0 saturated heterocycles. The SMILES string of the molecule is CCn1c(=O)c2c(=O)n(CC)c(=O)n3c2n(c1=O)CCC3. The molecule has 3 heterocycles.